The molecule has 1 fully saturated rings. The lowest BCUT2D eigenvalue weighted by molar-refractivity contribution is 0.109. The Bertz CT molecular complexity index is 303. The predicted molar refractivity (Wildman–Crippen MR) is 49.1 cm³/mol. The average molecular weight is 180 g/mol. The molecule has 1 aromatic carbocycles. The highest BCUT2D eigenvalue weighted by atomic mass is 19.1. The molecule has 0 radical (unpaired) electrons. The molecule has 0 spiro atoms. The first kappa shape index (κ1) is 8.70. The molecular weight excluding hydrogens is 167 g/mol. The van der Waals surface area contributed by atoms with E-state index in [9.17, 15) is 4.39 Å². The van der Waals surface area contributed by atoms with Crippen LogP contribution in [0, 0.1) is 12.7 Å². The van der Waals surface area contributed by atoms with Gasteiger partial charge in [0.1, 0.15) is 5.82 Å². The van der Waals surface area contributed by atoms with Crippen LogP contribution in [0.3, 0.4) is 0 Å². The van der Waals surface area contributed by atoms with Crippen LogP contribution in [-0.4, -0.2) is 6.61 Å². The smallest absolute Gasteiger partial charge is 0.131 e. The largest absolute Gasteiger partial charge is 0.373 e. The molecule has 1 saturated heterocycles. The average Bonchev–Trinajstić information content (AvgIpc) is 2.62. The molecular formula is C11H13FO. The topological polar surface area (TPSA) is 9.23 Å². The van der Waals surface area contributed by atoms with Gasteiger partial charge in [-0.1, -0.05) is 18.2 Å². The molecule has 0 aromatic heterocycles. The van der Waals surface area contributed by atoms with Crippen molar-refractivity contribution in [3.05, 3.63) is 35.1 Å². The lowest BCUT2D eigenvalue weighted by atomic mass is 10.0. The van der Waals surface area contributed by atoms with E-state index >= 15 is 0 Å². The van der Waals surface area contributed by atoms with E-state index in [0.717, 1.165) is 25.0 Å². The van der Waals surface area contributed by atoms with Gasteiger partial charge in [-0.15, -0.1) is 0 Å². The molecule has 1 aromatic rings. The third-order valence-corrected chi connectivity index (χ3v) is 2.50. The predicted octanol–water partition coefficient (Wildman–Crippen LogP) is 2.99. The molecule has 2 heteroatoms. The van der Waals surface area contributed by atoms with Crippen molar-refractivity contribution < 1.29 is 9.13 Å². The monoisotopic (exact) mass is 180 g/mol. The van der Waals surface area contributed by atoms with Crippen molar-refractivity contribution in [1.82, 2.24) is 0 Å². The minimum atomic E-state index is -0.102. The van der Waals surface area contributed by atoms with Gasteiger partial charge < -0.3 is 4.74 Å². The van der Waals surface area contributed by atoms with Crippen LogP contribution in [0.2, 0.25) is 0 Å². The highest BCUT2D eigenvalue weighted by Gasteiger charge is 2.21. The summed E-state index contributed by atoms with van der Waals surface area (Å²) in [5, 5.41) is 0. The van der Waals surface area contributed by atoms with Crippen molar-refractivity contribution in [3.8, 4) is 0 Å². The summed E-state index contributed by atoms with van der Waals surface area (Å²) in [6.45, 7) is 2.55. The molecule has 0 bridgehead atoms. The third kappa shape index (κ3) is 1.59. The summed E-state index contributed by atoms with van der Waals surface area (Å²) < 4.78 is 19.0. The van der Waals surface area contributed by atoms with E-state index < -0.39 is 0 Å². The fourth-order valence-electron chi connectivity index (χ4n) is 1.74. The molecule has 1 aliphatic heterocycles. The van der Waals surface area contributed by atoms with Crippen LogP contribution < -0.4 is 0 Å². The lowest BCUT2D eigenvalue weighted by Gasteiger charge is -2.11. The molecule has 1 aliphatic rings. The molecule has 0 aliphatic carbocycles. The first-order valence-corrected chi connectivity index (χ1v) is 4.65. The van der Waals surface area contributed by atoms with E-state index in [4.69, 9.17) is 4.74 Å². The Hall–Kier alpha value is -0.890. The zero-order valence-electron chi connectivity index (χ0n) is 7.72. The molecule has 70 valence electrons. The Morgan fingerprint density at radius 1 is 1.46 bits per heavy atom. The van der Waals surface area contributed by atoms with Gasteiger partial charge in [0.05, 0.1) is 6.10 Å². The number of rotatable bonds is 1. The Kier molecular flexibility index (Phi) is 2.32. The van der Waals surface area contributed by atoms with Crippen LogP contribution in [0.15, 0.2) is 18.2 Å². The standard InChI is InChI=1S/C11H13FO/c1-8-4-2-5-9(11(8)12)10-6-3-7-13-10/h2,4-5,10H,3,6-7H2,1H3. The zero-order valence-corrected chi connectivity index (χ0v) is 7.72. The van der Waals surface area contributed by atoms with Gasteiger partial charge >= 0.3 is 0 Å². The van der Waals surface area contributed by atoms with Crippen molar-refractivity contribution in [2.24, 2.45) is 0 Å². The summed E-state index contributed by atoms with van der Waals surface area (Å²) >= 11 is 0. The maximum absolute atomic E-state index is 13.6. The molecule has 1 unspecified atom stereocenters. The van der Waals surface area contributed by atoms with Crippen LogP contribution in [0.4, 0.5) is 4.39 Å². The fourth-order valence-corrected chi connectivity index (χ4v) is 1.74. The van der Waals surface area contributed by atoms with Gasteiger partial charge in [-0.25, -0.2) is 4.39 Å². The summed E-state index contributed by atoms with van der Waals surface area (Å²) in [4.78, 5) is 0. The summed E-state index contributed by atoms with van der Waals surface area (Å²) in [6.07, 6.45) is 1.97. The number of benzene rings is 1. The minimum Gasteiger partial charge on any atom is -0.373 e. The van der Waals surface area contributed by atoms with Gasteiger partial charge in [-0.3, -0.25) is 0 Å². The number of hydrogen-bond donors (Lipinski definition) is 0. The second-order valence-electron chi connectivity index (χ2n) is 3.48. The zero-order chi connectivity index (χ0) is 9.26. The molecule has 1 nitrogen and oxygen atoms in total. The van der Waals surface area contributed by atoms with E-state index in [2.05, 4.69) is 0 Å². The van der Waals surface area contributed by atoms with Crippen LogP contribution in [0.5, 0.6) is 0 Å². The van der Waals surface area contributed by atoms with Crippen molar-refractivity contribution >= 4 is 0 Å². The van der Waals surface area contributed by atoms with E-state index in [1.54, 1.807) is 13.0 Å². The second-order valence-corrected chi connectivity index (χ2v) is 3.48. The highest BCUT2D eigenvalue weighted by molar-refractivity contribution is 5.27. The number of halogens is 1. The van der Waals surface area contributed by atoms with E-state index in [1.807, 2.05) is 12.1 Å². The van der Waals surface area contributed by atoms with Crippen LogP contribution >= 0.6 is 0 Å². The molecule has 0 amide bonds. The Morgan fingerprint density at radius 3 is 3.00 bits per heavy atom. The quantitative estimate of drug-likeness (QED) is 0.645. The maximum Gasteiger partial charge on any atom is 0.131 e. The van der Waals surface area contributed by atoms with E-state index in [-0.39, 0.29) is 11.9 Å². The van der Waals surface area contributed by atoms with Crippen LogP contribution in [0.1, 0.15) is 30.1 Å². The fraction of sp³-hybridized carbons (Fsp3) is 0.455. The molecule has 2 rings (SSSR count). The molecule has 0 N–H and O–H groups in total. The van der Waals surface area contributed by atoms with E-state index in [1.165, 1.54) is 0 Å². The Labute approximate surface area is 77.5 Å². The summed E-state index contributed by atoms with van der Waals surface area (Å²) in [7, 11) is 0. The highest BCUT2D eigenvalue weighted by Crippen LogP contribution is 2.30. The number of hydrogen-bond acceptors (Lipinski definition) is 1. The second kappa shape index (κ2) is 3.46. The molecule has 13 heavy (non-hydrogen) atoms. The van der Waals surface area contributed by atoms with E-state index in [0.29, 0.717) is 5.56 Å². The minimum absolute atomic E-state index is 0.0140. The molecule has 1 atom stereocenters. The summed E-state index contributed by atoms with van der Waals surface area (Å²) in [6, 6.07) is 5.49. The Morgan fingerprint density at radius 2 is 2.31 bits per heavy atom. The Balaban J connectivity index is 2.33. The molecule has 1 heterocycles. The van der Waals surface area contributed by atoms with Crippen molar-refractivity contribution in [2.75, 3.05) is 6.61 Å². The van der Waals surface area contributed by atoms with Gasteiger partial charge in [0.2, 0.25) is 0 Å². The van der Waals surface area contributed by atoms with Gasteiger partial charge in [0.25, 0.3) is 0 Å². The van der Waals surface area contributed by atoms with Crippen molar-refractivity contribution in [2.45, 2.75) is 25.9 Å². The van der Waals surface area contributed by atoms with Crippen LogP contribution in [-0.2, 0) is 4.74 Å². The van der Waals surface area contributed by atoms with Gasteiger partial charge in [-0.2, -0.15) is 0 Å². The summed E-state index contributed by atoms with van der Waals surface area (Å²) in [5.41, 5.74) is 1.42. The number of ether oxygens (including phenoxy) is 1. The van der Waals surface area contributed by atoms with Crippen molar-refractivity contribution in [1.29, 1.82) is 0 Å². The first-order chi connectivity index (χ1) is 6.29. The normalized spacial score (nSPS) is 22.2. The third-order valence-electron chi connectivity index (χ3n) is 2.50. The maximum atomic E-state index is 13.6. The lowest BCUT2D eigenvalue weighted by Crippen LogP contribution is -2.00. The van der Waals surface area contributed by atoms with Gasteiger partial charge in [0, 0.05) is 12.2 Å². The van der Waals surface area contributed by atoms with Gasteiger partial charge in [0.15, 0.2) is 0 Å². The van der Waals surface area contributed by atoms with Crippen molar-refractivity contribution in [3.63, 3.8) is 0 Å². The summed E-state index contributed by atoms with van der Waals surface area (Å²) in [5.74, 6) is -0.102. The first-order valence-electron chi connectivity index (χ1n) is 4.65. The molecule has 0 saturated carbocycles. The van der Waals surface area contributed by atoms with Gasteiger partial charge in [-0.05, 0) is 25.3 Å². The van der Waals surface area contributed by atoms with Crippen LogP contribution in [0.25, 0.3) is 0 Å². The SMILES string of the molecule is Cc1cccc(C2CCCO2)c1F. The number of aryl methyl sites for hydroxylation is 1.